The SMILES string of the molecule is CC(=O)N(CCC(=O)Nc1ccc(C(C)(C)C)cc1)CC1CCCO1. The van der Waals surface area contributed by atoms with Gasteiger partial charge in [0.25, 0.3) is 0 Å². The first-order valence-corrected chi connectivity index (χ1v) is 9.03. The number of nitrogens with one attached hydrogen (secondary N) is 1. The molecule has 1 aliphatic heterocycles. The highest BCUT2D eigenvalue weighted by Gasteiger charge is 2.21. The van der Waals surface area contributed by atoms with E-state index in [9.17, 15) is 9.59 Å². The summed E-state index contributed by atoms with van der Waals surface area (Å²) in [6.45, 7) is 9.77. The number of nitrogens with zero attached hydrogens (tertiary/aromatic N) is 1. The van der Waals surface area contributed by atoms with Gasteiger partial charge in [-0.25, -0.2) is 0 Å². The molecule has 1 aromatic rings. The largest absolute Gasteiger partial charge is 0.376 e. The van der Waals surface area contributed by atoms with Gasteiger partial charge < -0.3 is 15.0 Å². The van der Waals surface area contributed by atoms with Crippen molar-refractivity contribution in [3.05, 3.63) is 29.8 Å². The minimum absolute atomic E-state index is 0.0159. The molecule has 1 aliphatic rings. The number of amides is 2. The molecular formula is C20H30N2O3. The van der Waals surface area contributed by atoms with Crippen LogP contribution < -0.4 is 5.32 Å². The van der Waals surface area contributed by atoms with Crippen molar-refractivity contribution in [2.75, 3.05) is 25.0 Å². The van der Waals surface area contributed by atoms with Crippen molar-refractivity contribution in [1.82, 2.24) is 4.90 Å². The van der Waals surface area contributed by atoms with E-state index < -0.39 is 0 Å². The molecule has 5 nitrogen and oxygen atoms in total. The lowest BCUT2D eigenvalue weighted by molar-refractivity contribution is -0.130. The lowest BCUT2D eigenvalue weighted by Gasteiger charge is -2.24. The first-order valence-electron chi connectivity index (χ1n) is 9.03. The number of carbonyl (C=O) groups excluding carboxylic acids is 2. The van der Waals surface area contributed by atoms with Gasteiger partial charge in [0.05, 0.1) is 6.10 Å². The quantitative estimate of drug-likeness (QED) is 0.859. The van der Waals surface area contributed by atoms with E-state index in [0.717, 1.165) is 25.1 Å². The molecule has 0 radical (unpaired) electrons. The van der Waals surface area contributed by atoms with Gasteiger partial charge in [0.1, 0.15) is 0 Å². The van der Waals surface area contributed by atoms with Gasteiger partial charge in [0.2, 0.25) is 11.8 Å². The van der Waals surface area contributed by atoms with Gasteiger partial charge in [0, 0.05) is 38.7 Å². The molecule has 1 heterocycles. The van der Waals surface area contributed by atoms with E-state index in [-0.39, 0.29) is 29.8 Å². The maximum Gasteiger partial charge on any atom is 0.226 e. The van der Waals surface area contributed by atoms with Gasteiger partial charge in [-0.1, -0.05) is 32.9 Å². The molecule has 1 fully saturated rings. The van der Waals surface area contributed by atoms with E-state index in [4.69, 9.17) is 4.74 Å². The molecule has 1 N–H and O–H groups in total. The lowest BCUT2D eigenvalue weighted by Crippen LogP contribution is -2.37. The maximum absolute atomic E-state index is 12.2. The zero-order valence-corrected chi connectivity index (χ0v) is 15.8. The second-order valence-electron chi connectivity index (χ2n) is 7.73. The summed E-state index contributed by atoms with van der Waals surface area (Å²) >= 11 is 0. The highest BCUT2D eigenvalue weighted by Crippen LogP contribution is 2.23. The van der Waals surface area contributed by atoms with E-state index in [0.29, 0.717) is 13.1 Å². The van der Waals surface area contributed by atoms with Crippen LogP contribution in [0.4, 0.5) is 5.69 Å². The van der Waals surface area contributed by atoms with Crippen molar-refractivity contribution < 1.29 is 14.3 Å². The monoisotopic (exact) mass is 346 g/mol. The van der Waals surface area contributed by atoms with E-state index in [1.54, 1.807) is 4.90 Å². The summed E-state index contributed by atoms with van der Waals surface area (Å²) in [5, 5.41) is 2.90. The number of hydrogen-bond acceptors (Lipinski definition) is 3. The van der Waals surface area contributed by atoms with Crippen LogP contribution >= 0.6 is 0 Å². The Balaban J connectivity index is 1.83. The molecule has 1 atom stereocenters. The van der Waals surface area contributed by atoms with E-state index in [1.165, 1.54) is 12.5 Å². The summed E-state index contributed by atoms with van der Waals surface area (Å²) in [5.74, 6) is -0.0973. The van der Waals surface area contributed by atoms with Crippen molar-refractivity contribution in [3.8, 4) is 0 Å². The van der Waals surface area contributed by atoms with E-state index >= 15 is 0 Å². The molecule has 0 spiro atoms. The molecule has 0 aromatic heterocycles. The second-order valence-corrected chi connectivity index (χ2v) is 7.73. The first kappa shape index (κ1) is 19.4. The van der Waals surface area contributed by atoms with Crippen LogP contribution in [0.2, 0.25) is 0 Å². The molecule has 1 saturated heterocycles. The first-order chi connectivity index (χ1) is 11.8. The molecule has 138 valence electrons. The number of hydrogen-bond donors (Lipinski definition) is 1. The predicted molar refractivity (Wildman–Crippen MR) is 99.6 cm³/mol. The average molecular weight is 346 g/mol. The fraction of sp³-hybridized carbons (Fsp3) is 0.600. The van der Waals surface area contributed by atoms with Gasteiger partial charge in [-0.2, -0.15) is 0 Å². The number of benzene rings is 1. The topological polar surface area (TPSA) is 58.6 Å². The van der Waals surface area contributed by atoms with Crippen molar-refractivity contribution in [2.24, 2.45) is 0 Å². The van der Waals surface area contributed by atoms with Crippen molar-refractivity contribution >= 4 is 17.5 Å². The van der Waals surface area contributed by atoms with Crippen LogP contribution in [0.25, 0.3) is 0 Å². The summed E-state index contributed by atoms with van der Waals surface area (Å²) in [6, 6.07) is 7.92. The predicted octanol–water partition coefficient (Wildman–Crippen LogP) is 3.34. The van der Waals surface area contributed by atoms with Crippen molar-refractivity contribution in [3.63, 3.8) is 0 Å². The summed E-state index contributed by atoms with van der Waals surface area (Å²) in [5.41, 5.74) is 2.10. The van der Waals surface area contributed by atoms with E-state index in [1.807, 2.05) is 24.3 Å². The Labute approximate surface area is 150 Å². The Morgan fingerprint density at radius 3 is 2.44 bits per heavy atom. The Kier molecular flexibility index (Phi) is 6.59. The average Bonchev–Trinajstić information content (AvgIpc) is 3.04. The van der Waals surface area contributed by atoms with Crippen LogP contribution in [0.1, 0.15) is 52.5 Å². The molecule has 2 amide bonds. The summed E-state index contributed by atoms with van der Waals surface area (Å²) < 4.78 is 5.58. The highest BCUT2D eigenvalue weighted by atomic mass is 16.5. The molecule has 0 saturated carbocycles. The van der Waals surface area contributed by atoms with Crippen molar-refractivity contribution in [2.45, 2.75) is 58.5 Å². The number of anilines is 1. The van der Waals surface area contributed by atoms with Gasteiger partial charge in [-0.3, -0.25) is 9.59 Å². The Hall–Kier alpha value is -1.88. The number of carbonyl (C=O) groups is 2. The Morgan fingerprint density at radius 2 is 1.92 bits per heavy atom. The molecule has 2 rings (SSSR count). The van der Waals surface area contributed by atoms with Crippen LogP contribution in [0.5, 0.6) is 0 Å². The number of ether oxygens (including phenoxy) is 1. The molecule has 0 bridgehead atoms. The zero-order chi connectivity index (χ0) is 18.4. The summed E-state index contributed by atoms with van der Waals surface area (Å²) in [7, 11) is 0. The minimum Gasteiger partial charge on any atom is -0.376 e. The number of rotatable bonds is 6. The van der Waals surface area contributed by atoms with Gasteiger partial charge in [-0.15, -0.1) is 0 Å². The third-order valence-electron chi connectivity index (χ3n) is 4.54. The smallest absolute Gasteiger partial charge is 0.226 e. The molecule has 1 unspecified atom stereocenters. The van der Waals surface area contributed by atoms with Crippen LogP contribution in [-0.4, -0.2) is 42.5 Å². The van der Waals surface area contributed by atoms with Gasteiger partial charge in [0.15, 0.2) is 0 Å². The Morgan fingerprint density at radius 1 is 1.24 bits per heavy atom. The zero-order valence-electron chi connectivity index (χ0n) is 15.8. The lowest BCUT2D eigenvalue weighted by atomic mass is 9.87. The Bertz CT molecular complexity index is 584. The van der Waals surface area contributed by atoms with Crippen LogP contribution in [0, 0.1) is 0 Å². The van der Waals surface area contributed by atoms with E-state index in [2.05, 4.69) is 26.1 Å². The van der Waals surface area contributed by atoms with Crippen LogP contribution in [-0.2, 0) is 19.7 Å². The van der Waals surface area contributed by atoms with Crippen molar-refractivity contribution in [1.29, 1.82) is 0 Å². The normalized spacial score (nSPS) is 17.4. The van der Waals surface area contributed by atoms with Crippen LogP contribution in [0.3, 0.4) is 0 Å². The third kappa shape index (κ3) is 6.16. The highest BCUT2D eigenvalue weighted by molar-refractivity contribution is 5.91. The standard InChI is InChI=1S/C20H30N2O3/c1-15(23)22(14-18-6-5-13-25-18)12-11-19(24)21-17-9-7-16(8-10-17)20(2,3)4/h7-10,18H,5-6,11-14H2,1-4H3,(H,21,24). The molecule has 25 heavy (non-hydrogen) atoms. The summed E-state index contributed by atoms with van der Waals surface area (Å²) in [4.78, 5) is 25.7. The molecule has 1 aromatic carbocycles. The minimum atomic E-state index is -0.0814. The fourth-order valence-corrected chi connectivity index (χ4v) is 2.92. The van der Waals surface area contributed by atoms with Gasteiger partial charge in [-0.05, 0) is 36.0 Å². The summed E-state index contributed by atoms with van der Waals surface area (Å²) in [6.07, 6.45) is 2.42. The van der Waals surface area contributed by atoms with Gasteiger partial charge >= 0.3 is 0 Å². The third-order valence-corrected chi connectivity index (χ3v) is 4.54. The molecule has 0 aliphatic carbocycles. The van der Waals surface area contributed by atoms with Crippen LogP contribution in [0.15, 0.2) is 24.3 Å². The molecular weight excluding hydrogens is 316 g/mol. The maximum atomic E-state index is 12.2. The molecule has 5 heteroatoms. The second kappa shape index (κ2) is 8.48. The fourth-order valence-electron chi connectivity index (χ4n) is 2.92.